The molecule has 0 aromatic rings. The van der Waals surface area contributed by atoms with Crippen molar-refractivity contribution in [2.24, 2.45) is 23.0 Å². The van der Waals surface area contributed by atoms with Crippen LogP contribution in [0.2, 0.25) is 0 Å². The van der Waals surface area contributed by atoms with Gasteiger partial charge >= 0.3 is 0 Å². The van der Waals surface area contributed by atoms with Gasteiger partial charge in [0.15, 0.2) is 0 Å². The van der Waals surface area contributed by atoms with Gasteiger partial charge in [0.25, 0.3) is 0 Å². The van der Waals surface area contributed by atoms with E-state index in [-0.39, 0.29) is 0 Å². The average molecular weight is 267 g/mol. The highest BCUT2D eigenvalue weighted by atomic mass is 15.2. The van der Waals surface area contributed by atoms with Crippen LogP contribution in [-0.2, 0) is 0 Å². The van der Waals surface area contributed by atoms with Crippen molar-refractivity contribution >= 4 is 0 Å². The molecule has 3 nitrogen and oxygen atoms in total. The third-order valence-electron chi connectivity index (χ3n) is 4.35. The minimum atomic E-state index is 0.442. The minimum absolute atomic E-state index is 0.442. The van der Waals surface area contributed by atoms with Gasteiger partial charge in [-0.2, -0.15) is 0 Å². The molecule has 112 valence electrons. The molecule has 19 heavy (non-hydrogen) atoms. The van der Waals surface area contributed by atoms with Gasteiger partial charge in [0, 0.05) is 32.2 Å². The van der Waals surface area contributed by atoms with Gasteiger partial charge in [0.05, 0.1) is 0 Å². The Hall–Kier alpha value is -0.120. The summed E-state index contributed by atoms with van der Waals surface area (Å²) in [6.45, 7) is 12.6. The minimum Gasteiger partial charge on any atom is -0.329 e. The zero-order valence-electron chi connectivity index (χ0n) is 13.1. The van der Waals surface area contributed by atoms with Gasteiger partial charge in [-0.15, -0.1) is 0 Å². The van der Waals surface area contributed by atoms with Crippen LogP contribution in [0.1, 0.15) is 46.5 Å². The summed E-state index contributed by atoms with van der Waals surface area (Å²) in [4.78, 5) is 2.57. The van der Waals surface area contributed by atoms with Gasteiger partial charge in [-0.05, 0) is 49.5 Å². The highest BCUT2D eigenvalue weighted by Crippen LogP contribution is 2.31. The lowest BCUT2D eigenvalue weighted by molar-refractivity contribution is 0.116. The Morgan fingerprint density at radius 3 is 2.47 bits per heavy atom. The third kappa shape index (κ3) is 5.80. The number of nitrogens with zero attached hydrogens (tertiary/aromatic N) is 1. The first-order valence-electron chi connectivity index (χ1n) is 8.12. The Labute approximate surface area is 119 Å². The summed E-state index contributed by atoms with van der Waals surface area (Å²) >= 11 is 0. The summed E-state index contributed by atoms with van der Waals surface area (Å²) < 4.78 is 0. The SMILES string of the molecule is CC(C)(C)CC1CC(NCC2CC2)CN(CCN)C1. The molecular weight excluding hydrogens is 234 g/mol. The van der Waals surface area contributed by atoms with Crippen LogP contribution >= 0.6 is 0 Å². The molecule has 3 N–H and O–H groups in total. The van der Waals surface area contributed by atoms with Gasteiger partial charge in [-0.3, -0.25) is 0 Å². The normalized spacial score (nSPS) is 29.7. The molecule has 0 amide bonds. The standard InChI is InChI=1S/C16H33N3/c1-16(2,3)9-14-8-15(18-10-13-4-5-13)12-19(11-14)7-6-17/h13-15,18H,4-12,17H2,1-3H3. The number of nitrogens with two attached hydrogens (primary N) is 1. The average Bonchev–Trinajstić information content (AvgIpc) is 3.08. The third-order valence-corrected chi connectivity index (χ3v) is 4.35. The number of hydrogen-bond acceptors (Lipinski definition) is 3. The van der Waals surface area contributed by atoms with Gasteiger partial charge in [0.2, 0.25) is 0 Å². The van der Waals surface area contributed by atoms with E-state index in [1.54, 1.807) is 0 Å². The summed E-state index contributed by atoms with van der Waals surface area (Å²) in [5.41, 5.74) is 6.19. The van der Waals surface area contributed by atoms with Crippen molar-refractivity contribution in [3.8, 4) is 0 Å². The quantitative estimate of drug-likeness (QED) is 0.774. The van der Waals surface area contributed by atoms with Crippen LogP contribution in [0.4, 0.5) is 0 Å². The van der Waals surface area contributed by atoms with Crippen molar-refractivity contribution < 1.29 is 0 Å². The van der Waals surface area contributed by atoms with Crippen molar-refractivity contribution in [2.75, 3.05) is 32.7 Å². The molecule has 2 fully saturated rings. The van der Waals surface area contributed by atoms with Crippen LogP contribution in [0.25, 0.3) is 0 Å². The molecule has 3 heteroatoms. The van der Waals surface area contributed by atoms with E-state index in [9.17, 15) is 0 Å². The van der Waals surface area contributed by atoms with Crippen LogP contribution < -0.4 is 11.1 Å². The molecule has 0 radical (unpaired) electrons. The molecular formula is C16H33N3. The summed E-state index contributed by atoms with van der Waals surface area (Å²) in [6, 6.07) is 0.688. The van der Waals surface area contributed by atoms with E-state index in [1.165, 1.54) is 45.3 Å². The Morgan fingerprint density at radius 2 is 1.89 bits per heavy atom. The number of rotatable bonds is 6. The fourth-order valence-corrected chi connectivity index (χ4v) is 3.49. The largest absolute Gasteiger partial charge is 0.329 e. The Bertz CT molecular complexity index is 268. The number of piperidine rings is 1. The van der Waals surface area contributed by atoms with Crippen molar-refractivity contribution in [2.45, 2.75) is 52.5 Å². The molecule has 0 spiro atoms. The van der Waals surface area contributed by atoms with E-state index >= 15 is 0 Å². The second-order valence-electron chi connectivity index (χ2n) is 7.96. The molecule has 2 unspecified atom stereocenters. The topological polar surface area (TPSA) is 41.3 Å². The summed E-state index contributed by atoms with van der Waals surface area (Å²) in [5.74, 6) is 1.81. The Morgan fingerprint density at radius 1 is 1.16 bits per heavy atom. The fraction of sp³-hybridized carbons (Fsp3) is 1.00. The first-order chi connectivity index (χ1) is 8.96. The van der Waals surface area contributed by atoms with Gasteiger partial charge in [-0.1, -0.05) is 20.8 Å². The Balaban J connectivity index is 1.83. The fourth-order valence-electron chi connectivity index (χ4n) is 3.49. The summed E-state index contributed by atoms with van der Waals surface area (Å²) in [6.07, 6.45) is 5.57. The van der Waals surface area contributed by atoms with E-state index in [2.05, 4.69) is 31.0 Å². The molecule has 2 aliphatic rings. The van der Waals surface area contributed by atoms with Crippen LogP contribution in [0.15, 0.2) is 0 Å². The number of likely N-dealkylation sites (tertiary alicyclic amines) is 1. The van der Waals surface area contributed by atoms with E-state index in [4.69, 9.17) is 5.73 Å². The maximum Gasteiger partial charge on any atom is 0.0198 e. The second kappa shape index (κ2) is 6.55. The molecule has 0 aromatic heterocycles. The smallest absolute Gasteiger partial charge is 0.0198 e. The highest BCUT2D eigenvalue weighted by molar-refractivity contribution is 4.87. The van der Waals surface area contributed by atoms with Crippen LogP contribution in [-0.4, -0.2) is 43.7 Å². The van der Waals surface area contributed by atoms with E-state index in [0.29, 0.717) is 11.5 Å². The molecule has 0 bridgehead atoms. The van der Waals surface area contributed by atoms with Crippen molar-refractivity contribution in [1.29, 1.82) is 0 Å². The lowest BCUT2D eigenvalue weighted by Gasteiger charge is -2.40. The molecule has 2 rings (SSSR count). The zero-order chi connectivity index (χ0) is 13.9. The van der Waals surface area contributed by atoms with Gasteiger partial charge in [0.1, 0.15) is 0 Å². The monoisotopic (exact) mass is 267 g/mol. The lowest BCUT2D eigenvalue weighted by atomic mass is 9.80. The molecule has 1 aliphatic heterocycles. The van der Waals surface area contributed by atoms with Crippen molar-refractivity contribution in [3.63, 3.8) is 0 Å². The maximum atomic E-state index is 5.75. The van der Waals surface area contributed by atoms with E-state index in [1.807, 2.05) is 0 Å². The van der Waals surface area contributed by atoms with Crippen LogP contribution in [0.3, 0.4) is 0 Å². The highest BCUT2D eigenvalue weighted by Gasteiger charge is 2.30. The molecule has 1 saturated carbocycles. The summed E-state index contributed by atoms with van der Waals surface area (Å²) in [7, 11) is 0. The first-order valence-corrected chi connectivity index (χ1v) is 8.12. The molecule has 0 aromatic carbocycles. The van der Waals surface area contributed by atoms with Crippen LogP contribution in [0.5, 0.6) is 0 Å². The van der Waals surface area contributed by atoms with Crippen molar-refractivity contribution in [3.05, 3.63) is 0 Å². The molecule has 1 aliphatic carbocycles. The number of hydrogen-bond donors (Lipinski definition) is 2. The molecule has 1 saturated heterocycles. The first kappa shape index (κ1) is 15.3. The second-order valence-corrected chi connectivity index (χ2v) is 7.96. The van der Waals surface area contributed by atoms with Gasteiger partial charge in [-0.25, -0.2) is 0 Å². The zero-order valence-corrected chi connectivity index (χ0v) is 13.1. The predicted octanol–water partition coefficient (Wildman–Crippen LogP) is 2.07. The maximum absolute atomic E-state index is 5.75. The molecule has 1 heterocycles. The summed E-state index contributed by atoms with van der Waals surface area (Å²) in [5, 5.41) is 3.81. The van der Waals surface area contributed by atoms with E-state index in [0.717, 1.165) is 24.9 Å². The van der Waals surface area contributed by atoms with Crippen LogP contribution in [0, 0.1) is 17.3 Å². The molecule has 2 atom stereocenters. The predicted molar refractivity (Wildman–Crippen MR) is 82.2 cm³/mol. The lowest BCUT2D eigenvalue weighted by Crippen LogP contribution is -2.51. The van der Waals surface area contributed by atoms with Crippen molar-refractivity contribution in [1.82, 2.24) is 10.2 Å². The van der Waals surface area contributed by atoms with Gasteiger partial charge < -0.3 is 16.0 Å². The Kier molecular flexibility index (Phi) is 5.27. The van der Waals surface area contributed by atoms with E-state index < -0.39 is 0 Å². The number of nitrogens with one attached hydrogen (secondary N) is 1.